The molecule has 0 saturated heterocycles. The third-order valence-electron chi connectivity index (χ3n) is 6.74. The van der Waals surface area contributed by atoms with Gasteiger partial charge in [-0.2, -0.15) is 0 Å². The van der Waals surface area contributed by atoms with Gasteiger partial charge in [-0.05, 0) is 41.7 Å². The average molecular weight is 413 g/mol. The molecule has 1 unspecified atom stereocenters. The summed E-state index contributed by atoms with van der Waals surface area (Å²) in [5.74, 6) is -0.127. The van der Waals surface area contributed by atoms with E-state index in [-0.39, 0.29) is 17.9 Å². The van der Waals surface area contributed by atoms with E-state index in [1.54, 1.807) is 4.90 Å². The molecule has 0 bridgehead atoms. The van der Waals surface area contributed by atoms with Crippen molar-refractivity contribution in [3.05, 3.63) is 82.9 Å². The maximum atomic E-state index is 13.6. The van der Waals surface area contributed by atoms with Gasteiger partial charge in [0.05, 0.1) is 5.56 Å². The van der Waals surface area contributed by atoms with Crippen LogP contribution in [0.5, 0.6) is 0 Å². The Bertz CT molecular complexity index is 1130. The van der Waals surface area contributed by atoms with Crippen LogP contribution in [0.1, 0.15) is 65.2 Å². The van der Waals surface area contributed by atoms with Crippen LogP contribution in [0.15, 0.2) is 60.7 Å². The van der Waals surface area contributed by atoms with E-state index in [0.29, 0.717) is 6.54 Å². The molecule has 3 aromatic carbocycles. The van der Waals surface area contributed by atoms with Gasteiger partial charge < -0.3 is 10.2 Å². The summed E-state index contributed by atoms with van der Waals surface area (Å²) >= 11 is 0. The number of nitrogens with one attached hydrogen (secondary N) is 1. The molecule has 1 saturated carbocycles. The standard InChI is InChI=1S/C27H28N2O2/c1-18-11-13-20(14-12-18)25(26(30)28-22-8-3-2-4-9-22)29-17-21-16-15-19-7-5-6-10-23(19)24(21)27(29)31/h5-7,10-16,22,25H,2-4,8-9,17H2,1H3,(H,28,30). The van der Waals surface area contributed by atoms with Crippen molar-refractivity contribution in [3.63, 3.8) is 0 Å². The van der Waals surface area contributed by atoms with Crippen LogP contribution in [-0.4, -0.2) is 22.8 Å². The Labute approximate surface area is 183 Å². The molecular weight excluding hydrogens is 384 g/mol. The van der Waals surface area contributed by atoms with Crippen molar-refractivity contribution in [1.29, 1.82) is 0 Å². The van der Waals surface area contributed by atoms with Crippen LogP contribution in [0.2, 0.25) is 0 Å². The summed E-state index contributed by atoms with van der Waals surface area (Å²) < 4.78 is 0. The Hall–Kier alpha value is -3.14. The molecular formula is C27H28N2O2. The number of nitrogens with zero attached hydrogens (tertiary/aromatic N) is 1. The number of carbonyl (C=O) groups is 2. The lowest BCUT2D eigenvalue weighted by Crippen LogP contribution is -2.45. The molecule has 5 rings (SSSR count). The van der Waals surface area contributed by atoms with E-state index >= 15 is 0 Å². The van der Waals surface area contributed by atoms with Crippen molar-refractivity contribution >= 4 is 22.6 Å². The van der Waals surface area contributed by atoms with Crippen molar-refractivity contribution in [2.45, 2.75) is 57.7 Å². The Morgan fingerprint density at radius 3 is 2.48 bits per heavy atom. The van der Waals surface area contributed by atoms with Crippen LogP contribution in [0.3, 0.4) is 0 Å². The van der Waals surface area contributed by atoms with E-state index in [0.717, 1.165) is 58.7 Å². The van der Waals surface area contributed by atoms with Gasteiger partial charge in [0.15, 0.2) is 0 Å². The maximum absolute atomic E-state index is 13.6. The predicted molar refractivity (Wildman–Crippen MR) is 123 cm³/mol. The highest BCUT2D eigenvalue weighted by Gasteiger charge is 2.38. The molecule has 1 N–H and O–H groups in total. The van der Waals surface area contributed by atoms with E-state index in [9.17, 15) is 9.59 Å². The predicted octanol–water partition coefficient (Wildman–Crippen LogP) is 5.29. The normalized spacial score (nSPS) is 17.6. The first-order chi connectivity index (χ1) is 15.1. The zero-order valence-electron chi connectivity index (χ0n) is 17.9. The number of hydrogen-bond acceptors (Lipinski definition) is 2. The molecule has 1 fully saturated rings. The van der Waals surface area contributed by atoms with Gasteiger partial charge >= 0.3 is 0 Å². The van der Waals surface area contributed by atoms with Gasteiger partial charge in [-0.15, -0.1) is 0 Å². The Morgan fingerprint density at radius 2 is 1.71 bits per heavy atom. The molecule has 0 aromatic heterocycles. The fourth-order valence-electron chi connectivity index (χ4n) is 5.06. The van der Waals surface area contributed by atoms with Gasteiger partial charge in [0.25, 0.3) is 5.91 Å². The van der Waals surface area contributed by atoms with Crippen LogP contribution >= 0.6 is 0 Å². The summed E-state index contributed by atoms with van der Waals surface area (Å²) in [5, 5.41) is 5.27. The monoisotopic (exact) mass is 412 g/mol. The number of amides is 2. The third kappa shape index (κ3) is 3.71. The zero-order chi connectivity index (χ0) is 21.4. The Morgan fingerprint density at radius 1 is 0.968 bits per heavy atom. The average Bonchev–Trinajstić information content (AvgIpc) is 3.12. The van der Waals surface area contributed by atoms with Crippen molar-refractivity contribution in [2.75, 3.05) is 0 Å². The van der Waals surface area contributed by atoms with Crippen LogP contribution in [0.4, 0.5) is 0 Å². The topological polar surface area (TPSA) is 49.4 Å². The molecule has 3 aromatic rings. The minimum atomic E-state index is -0.624. The molecule has 158 valence electrons. The molecule has 4 nitrogen and oxygen atoms in total. The van der Waals surface area contributed by atoms with E-state index in [4.69, 9.17) is 0 Å². The first-order valence-electron chi connectivity index (χ1n) is 11.3. The van der Waals surface area contributed by atoms with E-state index in [1.165, 1.54) is 6.42 Å². The lowest BCUT2D eigenvalue weighted by atomic mass is 9.94. The van der Waals surface area contributed by atoms with Gasteiger partial charge in [0.2, 0.25) is 5.91 Å². The molecule has 1 atom stereocenters. The zero-order valence-corrected chi connectivity index (χ0v) is 17.9. The van der Waals surface area contributed by atoms with Crippen LogP contribution in [0.25, 0.3) is 10.8 Å². The summed E-state index contributed by atoms with van der Waals surface area (Å²) in [7, 11) is 0. The second-order valence-corrected chi connectivity index (χ2v) is 8.91. The van der Waals surface area contributed by atoms with Gasteiger partial charge in [-0.1, -0.05) is 85.5 Å². The number of hydrogen-bond donors (Lipinski definition) is 1. The van der Waals surface area contributed by atoms with Gasteiger partial charge in [-0.25, -0.2) is 0 Å². The SMILES string of the molecule is Cc1ccc(C(C(=O)NC2CCCCC2)N2Cc3ccc4ccccc4c3C2=O)cc1. The Balaban J connectivity index is 1.51. The number of benzene rings is 3. The van der Waals surface area contributed by atoms with Crippen LogP contribution in [-0.2, 0) is 11.3 Å². The fraction of sp³-hybridized carbons (Fsp3) is 0.333. The van der Waals surface area contributed by atoms with Crippen molar-refractivity contribution in [1.82, 2.24) is 10.2 Å². The molecule has 0 radical (unpaired) electrons. The van der Waals surface area contributed by atoms with Crippen LogP contribution < -0.4 is 5.32 Å². The number of fused-ring (bicyclic) bond motifs is 3. The molecule has 1 aliphatic heterocycles. The first-order valence-corrected chi connectivity index (χ1v) is 11.3. The molecule has 31 heavy (non-hydrogen) atoms. The summed E-state index contributed by atoms with van der Waals surface area (Å²) in [5.41, 5.74) is 3.73. The highest BCUT2D eigenvalue weighted by atomic mass is 16.2. The fourth-order valence-corrected chi connectivity index (χ4v) is 5.06. The molecule has 2 aliphatic rings. The van der Waals surface area contributed by atoms with Crippen LogP contribution in [0, 0.1) is 6.92 Å². The molecule has 2 amide bonds. The third-order valence-corrected chi connectivity index (χ3v) is 6.74. The first kappa shape index (κ1) is 19.8. The number of aryl methyl sites for hydroxylation is 1. The highest BCUT2D eigenvalue weighted by molar-refractivity contribution is 6.11. The molecule has 1 heterocycles. The minimum Gasteiger partial charge on any atom is -0.351 e. The quantitative estimate of drug-likeness (QED) is 0.633. The Kier molecular flexibility index (Phi) is 5.23. The summed E-state index contributed by atoms with van der Waals surface area (Å²) in [6.07, 6.45) is 5.58. The van der Waals surface area contributed by atoms with E-state index in [1.807, 2.05) is 61.5 Å². The second kappa shape index (κ2) is 8.18. The lowest BCUT2D eigenvalue weighted by Gasteiger charge is -2.30. The molecule has 4 heteroatoms. The number of rotatable bonds is 4. The molecule has 1 aliphatic carbocycles. The van der Waals surface area contributed by atoms with Gasteiger partial charge in [0.1, 0.15) is 6.04 Å². The minimum absolute atomic E-state index is 0.0591. The smallest absolute Gasteiger partial charge is 0.256 e. The highest BCUT2D eigenvalue weighted by Crippen LogP contribution is 2.36. The number of carbonyl (C=O) groups excluding carboxylic acids is 2. The summed E-state index contributed by atoms with van der Waals surface area (Å²) in [6, 6.07) is 19.6. The van der Waals surface area contributed by atoms with Crippen molar-refractivity contribution in [2.24, 2.45) is 0 Å². The second-order valence-electron chi connectivity index (χ2n) is 8.91. The van der Waals surface area contributed by atoms with Gasteiger partial charge in [0, 0.05) is 12.6 Å². The summed E-state index contributed by atoms with van der Waals surface area (Å²) in [4.78, 5) is 28.9. The van der Waals surface area contributed by atoms with E-state index < -0.39 is 6.04 Å². The lowest BCUT2D eigenvalue weighted by molar-refractivity contribution is -0.126. The van der Waals surface area contributed by atoms with Crippen molar-refractivity contribution in [3.8, 4) is 0 Å². The van der Waals surface area contributed by atoms with Crippen molar-refractivity contribution < 1.29 is 9.59 Å². The largest absolute Gasteiger partial charge is 0.351 e. The maximum Gasteiger partial charge on any atom is 0.256 e. The summed E-state index contributed by atoms with van der Waals surface area (Å²) in [6.45, 7) is 2.49. The van der Waals surface area contributed by atoms with E-state index in [2.05, 4.69) is 11.4 Å². The molecule has 0 spiro atoms. The van der Waals surface area contributed by atoms with Gasteiger partial charge in [-0.3, -0.25) is 9.59 Å².